The Labute approximate surface area is 128 Å². The van der Waals surface area contributed by atoms with E-state index in [1.807, 2.05) is 33.0 Å². The molecule has 0 saturated heterocycles. The maximum absolute atomic E-state index is 6.20. The van der Waals surface area contributed by atoms with Gasteiger partial charge in [0.25, 0.3) is 0 Å². The lowest BCUT2D eigenvalue weighted by atomic mass is 10.1. The van der Waals surface area contributed by atoms with Crippen LogP contribution in [-0.2, 0) is 13.7 Å². The summed E-state index contributed by atoms with van der Waals surface area (Å²) >= 11 is 12.2. The van der Waals surface area contributed by atoms with Crippen LogP contribution in [-0.4, -0.2) is 9.78 Å². The maximum atomic E-state index is 6.20. The lowest BCUT2D eigenvalue weighted by molar-refractivity contribution is 0.290. The van der Waals surface area contributed by atoms with E-state index in [0.717, 1.165) is 17.0 Å². The molecule has 20 heavy (non-hydrogen) atoms. The molecular weight excluding hydrogens is 297 g/mol. The Kier molecular flexibility index (Phi) is 4.58. The topological polar surface area (TPSA) is 53.1 Å². The summed E-state index contributed by atoms with van der Waals surface area (Å²) in [5.74, 6) is 0.708. The van der Waals surface area contributed by atoms with Gasteiger partial charge in [0, 0.05) is 23.7 Å². The van der Waals surface area contributed by atoms with E-state index in [1.165, 1.54) is 0 Å². The fourth-order valence-electron chi connectivity index (χ4n) is 1.99. The molecule has 108 valence electrons. The SMILES string of the molecule is Cc1nn(C)c(COc2ccc(Cl)cc2C(C)N)c1Cl. The second kappa shape index (κ2) is 6.04. The number of aromatic nitrogens is 2. The Morgan fingerprint density at radius 1 is 1.40 bits per heavy atom. The Hall–Kier alpha value is -1.23. The van der Waals surface area contributed by atoms with E-state index in [0.29, 0.717) is 22.4 Å². The number of nitrogens with zero attached hydrogens (tertiary/aromatic N) is 2. The van der Waals surface area contributed by atoms with Gasteiger partial charge in [0.1, 0.15) is 12.4 Å². The zero-order chi connectivity index (χ0) is 14.9. The largest absolute Gasteiger partial charge is 0.487 e. The van der Waals surface area contributed by atoms with Crippen LogP contribution in [0.4, 0.5) is 0 Å². The van der Waals surface area contributed by atoms with Gasteiger partial charge in [-0.1, -0.05) is 23.2 Å². The fraction of sp³-hybridized carbons (Fsp3) is 0.357. The van der Waals surface area contributed by atoms with Crippen LogP contribution in [0.15, 0.2) is 18.2 Å². The highest BCUT2D eigenvalue weighted by atomic mass is 35.5. The number of aryl methyl sites for hydroxylation is 2. The maximum Gasteiger partial charge on any atom is 0.131 e. The minimum Gasteiger partial charge on any atom is -0.487 e. The van der Waals surface area contributed by atoms with E-state index in [9.17, 15) is 0 Å². The molecule has 2 rings (SSSR count). The van der Waals surface area contributed by atoms with E-state index < -0.39 is 0 Å². The molecule has 1 atom stereocenters. The Bertz CT molecular complexity index is 623. The van der Waals surface area contributed by atoms with Gasteiger partial charge in [0.05, 0.1) is 16.4 Å². The first-order valence-electron chi connectivity index (χ1n) is 6.26. The number of benzene rings is 1. The summed E-state index contributed by atoms with van der Waals surface area (Å²) in [6.07, 6.45) is 0. The highest BCUT2D eigenvalue weighted by molar-refractivity contribution is 6.31. The van der Waals surface area contributed by atoms with Crippen LogP contribution in [0, 0.1) is 6.92 Å². The van der Waals surface area contributed by atoms with Crippen molar-refractivity contribution in [1.29, 1.82) is 0 Å². The highest BCUT2D eigenvalue weighted by Crippen LogP contribution is 2.29. The molecule has 0 fully saturated rings. The van der Waals surface area contributed by atoms with Gasteiger partial charge in [-0.05, 0) is 32.0 Å². The average Bonchev–Trinajstić information content (AvgIpc) is 2.62. The number of hydrogen-bond donors (Lipinski definition) is 1. The molecule has 0 aliphatic carbocycles. The summed E-state index contributed by atoms with van der Waals surface area (Å²) in [4.78, 5) is 0. The summed E-state index contributed by atoms with van der Waals surface area (Å²) < 4.78 is 7.55. The summed E-state index contributed by atoms with van der Waals surface area (Å²) in [5.41, 5.74) is 8.42. The molecule has 2 aromatic rings. The van der Waals surface area contributed by atoms with Gasteiger partial charge in [-0.3, -0.25) is 4.68 Å². The van der Waals surface area contributed by atoms with Crippen molar-refractivity contribution >= 4 is 23.2 Å². The number of rotatable bonds is 4. The van der Waals surface area contributed by atoms with Crippen LogP contribution in [0.5, 0.6) is 5.75 Å². The van der Waals surface area contributed by atoms with Crippen molar-refractivity contribution in [3.8, 4) is 5.75 Å². The molecule has 0 aliphatic heterocycles. The third kappa shape index (κ3) is 3.08. The zero-order valence-electron chi connectivity index (χ0n) is 11.7. The van der Waals surface area contributed by atoms with Crippen LogP contribution < -0.4 is 10.5 Å². The van der Waals surface area contributed by atoms with Gasteiger partial charge in [-0.25, -0.2) is 0 Å². The predicted octanol–water partition coefficient (Wildman–Crippen LogP) is 3.63. The van der Waals surface area contributed by atoms with E-state index in [2.05, 4.69) is 5.10 Å². The average molecular weight is 314 g/mol. The molecule has 1 heterocycles. The quantitative estimate of drug-likeness (QED) is 0.937. The Morgan fingerprint density at radius 3 is 2.65 bits per heavy atom. The number of hydrogen-bond acceptors (Lipinski definition) is 3. The minimum absolute atomic E-state index is 0.160. The zero-order valence-corrected chi connectivity index (χ0v) is 13.2. The van der Waals surface area contributed by atoms with Gasteiger partial charge < -0.3 is 10.5 Å². The smallest absolute Gasteiger partial charge is 0.131 e. The third-order valence-electron chi connectivity index (χ3n) is 3.09. The monoisotopic (exact) mass is 313 g/mol. The summed E-state index contributed by atoms with van der Waals surface area (Å²) in [6, 6.07) is 5.25. The third-order valence-corrected chi connectivity index (χ3v) is 3.82. The molecule has 0 saturated carbocycles. The predicted molar refractivity (Wildman–Crippen MR) is 81.3 cm³/mol. The molecule has 2 N–H and O–H groups in total. The first-order chi connectivity index (χ1) is 9.40. The van der Waals surface area contributed by atoms with Gasteiger partial charge >= 0.3 is 0 Å². The van der Waals surface area contributed by atoms with E-state index in [-0.39, 0.29) is 6.04 Å². The molecule has 1 unspecified atom stereocenters. The number of ether oxygens (including phenoxy) is 1. The van der Waals surface area contributed by atoms with Crippen molar-refractivity contribution in [2.24, 2.45) is 12.8 Å². The normalized spacial score (nSPS) is 12.5. The standard InChI is InChI=1S/C14H17Cl2N3O/c1-8(17)11-6-10(15)4-5-13(11)20-7-12-14(16)9(2)18-19(12)3/h4-6,8H,7,17H2,1-3H3. The van der Waals surface area contributed by atoms with Crippen molar-refractivity contribution in [3.05, 3.63) is 45.2 Å². The van der Waals surface area contributed by atoms with Crippen molar-refractivity contribution in [2.75, 3.05) is 0 Å². The molecule has 0 bridgehead atoms. The molecule has 1 aromatic carbocycles. The minimum atomic E-state index is -0.160. The molecule has 0 aliphatic rings. The van der Waals surface area contributed by atoms with Crippen molar-refractivity contribution < 1.29 is 4.74 Å². The summed E-state index contributed by atoms with van der Waals surface area (Å²) in [7, 11) is 1.84. The molecule has 0 spiro atoms. The van der Waals surface area contributed by atoms with Crippen LogP contribution in [0.2, 0.25) is 10.0 Å². The second-order valence-electron chi connectivity index (χ2n) is 4.73. The van der Waals surface area contributed by atoms with Gasteiger partial charge in [0.15, 0.2) is 0 Å². The van der Waals surface area contributed by atoms with Crippen LogP contribution in [0.1, 0.15) is 29.9 Å². The van der Waals surface area contributed by atoms with E-state index in [1.54, 1.807) is 10.7 Å². The lowest BCUT2D eigenvalue weighted by Gasteiger charge is -2.14. The van der Waals surface area contributed by atoms with Gasteiger partial charge in [0.2, 0.25) is 0 Å². The molecule has 6 heteroatoms. The Morgan fingerprint density at radius 2 is 2.10 bits per heavy atom. The fourth-order valence-corrected chi connectivity index (χ4v) is 2.38. The van der Waals surface area contributed by atoms with Crippen LogP contribution in [0.3, 0.4) is 0 Å². The Balaban J connectivity index is 2.23. The van der Waals surface area contributed by atoms with E-state index >= 15 is 0 Å². The molecule has 0 amide bonds. The van der Waals surface area contributed by atoms with Crippen molar-refractivity contribution in [2.45, 2.75) is 26.5 Å². The first-order valence-corrected chi connectivity index (χ1v) is 7.01. The highest BCUT2D eigenvalue weighted by Gasteiger charge is 2.14. The van der Waals surface area contributed by atoms with Crippen LogP contribution in [0.25, 0.3) is 0 Å². The summed E-state index contributed by atoms with van der Waals surface area (Å²) in [6.45, 7) is 4.08. The first kappa shape index (κ1) is 15.2. The summed E-state index contributed by atoms with van der Waals surface area (Å²) in [5, 5.41) is 5.52. The lowest BCUT2D eigenvalue weighted by Crippen LogP contribution is -2.09. The van der Waals surface area contributed by atoms with Gasteiger partial charge in [-0.15, -0.1) is 0 Å². The van der Waals surface area contributed by atoms with E-state index in [4.69, 9.17) is 33.7 Å². The van der Waals surface area contributed by atoms with Crippen LogP contribution >= 0.6 is 23.2 Å². The molecule has 1 aromatic heterocycles. The molecule has 4 nitrogen and oxygen atoms in total. The number of halogens is 2. The molecule has 0 radical (unpaired) electrons. The van der Waals surface area contributed by atoms with Gasteiger partial charge in [-0.2, -0.15) is 5.10 Å². The van der Waals surface area contributed by atoms with Crippen molar-refractivity contribution in [1.82, 2.24) is 9.78 Å². The molecular formula is C14H17Cl2N3O. The van der Waals surface area contributed by atoms with Crippen molar-refractivity contribution in [3.63, 3.8) is 0 Å². The second-order valence-corrected chi connectivity index (χ2v) is 5.54. The number of nitrogens with two attached hydrogens (primary N) is 1.